The van der Waals surface area contributed by atoms with Crippen LogP contribution in [0.4, 0.5) is 4.39 Å². The fourth-order valence-electron chi connectivity index (χ4n) is 3.09. The van der Waals surface area contributed by atoms with Gasteiger partial charge in [0.25, 0.3) is 0 Å². The van der Waals surface area contributed by atoms with E-state index in [0.717, 1.165) is 28.6 Å². The number of carbonyl (C=O) groups is 1. The summed E-state index contributed by atoms with van der Waals surface area (Å²) in [6.45, 7) is 3.52. The van der Waals surface area contributed by atoms with Crippen LogP contribution >= 0.6 is 0 Å². The molecule has 0 amide bonds. The van der Waals surface area contributed by atoms with Gasteiger partial charge < -0.3 is 9.57 Å². The van der Waals surface area contributed by atoms with E-state index in [4.69, 9.17) is 9.57 Å². The molecule has 2 heterocycles. The van der Waals surface area contributed by atoms with E-state index in [9.17, 15) is 9.18 Å². The number of ketones is 1. The predicted octanol–water partition coefficient (Wildman–Crippen LogP) is 4.07. The van der Waals surface area contributed by atoms with Crippen LogP contribution in [-0.4, -0.2) is 35.7 Å². The van der Waals surface area contributed by atoms with Gasteiger partial charge in [0.15, 0.2) is 5.78 Å². The quantitative estimate of drug-likeness (QED) is 0.335. The topological polar surface area (TPSA) is 73.7 Å². The number of halogens is 1. The minimum Gasteiger partial charge on any atom is -0.497 e. The third-order valence-corrected chi connectivity index (χ3v) is 4.77. The molecule has 30 heavy (non-hydrogen) atoms. The summed E-state index contributed by atoms with van der Waals surface area (Å²) in [5.74, 6) is 0.0121. The fourth-order valence-corrected chi connectivity index (χ4v) is 3.09. The lowest BCUT2D eigenvalue weighted by atomic mass is 9.98. The predicted molar refractivity (Wildman–Crippen MR) is 112 cm³/mol. The molecule has 0 atom stereocenters. The number of hydrogen-bond acceptors (Lipinski definition) is 6. The van der Waals surface area contributed by atoms with Crippen LogP contribution in [0.25, 0.3) is 0 Å². The van der Waals surface area contributed by atoms with Crippen molar-refractivity contribution in [1.82, 2.24) is 9.97 Å². The second kappa shape index (κ2) is 9.26. The number of nitrogens with zero attached hydrogens (tertiary/aromatic N) is 3. The summed E-state index contributed by atoms with van der Waals surface area (Å²) in [7, 11) is 3.10. The van der Waals surface area contributed by atoms with Gasteiger partial charge in [0.1, 0.15) is 24.4 Å². The molecule has 0 aliphatic heterocycles. The van der Waals surface area contributed by atoms with Gasteiger partial charge in [0, 0.05) is 34.8 Å². The lowest BCUT2D eigenvalue weighted by molar-refractivity contribution is 0.0990. The van der Waals surface area contributed by atoms with E-state index in [-0.39, 0.29) is 23.3 Å². The molecule has 2 aromatic heterocycles. The maximum atomic E-state index is 13.7. The fraction of sp³-hybridized carbons (Fsp3) is 0.217. The summed E-state index contributed by atoms with van der Waals surface area (Å²) in [4.78, 5) is 25.7. The lowest BCUT2D eigenvalue weighted by Gasteiger charge is -2.11. The first-order chi connectivity index (χ1) is 14.4. The van der Waals surface area contributed by atoms with Crippen molar-refractivity contribution in [3.05, 3.63) is 88.3 Å². The van der Waals surface area contributed by atoms with Crippen LogP contribution in [0.3, 0.4) is 0 Å². The molecule has 0 radical (unpaired) electrons. The third-order valence-electron chi connectivity index (χ3n) is 4.77. The first kappa shape index (κ1) is 21.1. The standard InChI is InChI=1S/C23H22FN3O3/c1-14-9-18(29-3)7-8-19(14)23(27-30-4)16-5-6-17(26-11-16)10-22(28)20-12-25-13-21(24)15(20)2/h5-9,11-13H,10H2,1-4H3/b27-23+. The zero-order chi connectivity index (χ0) is 21.7. The molecule has 0 N–H and O–H groups in total. The van der Waals surface area contributed by atoms with Crippen LogP contribution in [0.2, 0.25) is 0 Å². The number of rotatable bonds is 7. The number of ether oxygens (including phenoxy) is 1. The second-order valence-corrected chi connectivity index (χ2v) is 6.74. The summed E-state index contributed by atoms with van der Waals surface area (Å²) in [5.41, 5.74) is 4.32. The highest BCUT2D eigenvalue weighted by Crippen LogP contribution is 2.21. The molecule has 3 rings (SSSR count). The Hall–Kier alpha value is -3.61. The minimum atomic E-state index is -0.501. The Kier molecular flexibility index (Phi) is 6.51. The second-order valence-electron chi connectivity index (χ2n) is 6.74. The Morgan fingerprint density at radius 1 is 1.07 bits per heavy atom. The Labute approximate surface area is 174 Å². The van der Waals surface area contributed by atoms with Crippen molar-refractivity contribution < 1.29 is 18.8 Å². The van der Waals surface area contributed by atoms with Gasteiger partial charge in [-0.2, -0.15) is 0 Å². The maximum absolute atomic E-state index is 13.7. The molecular formula is C23H22FN3O3. The van der Waals surface area contributed by atoms with Gasteiger partial charge in [-0.3, -0.25) is 14.8 Å². The molecule has 154 valence electrons. The van der Waals surface area contributed by atoms with Gasteiger partial charge in [-0.05, 0) is 55.3 Å². The van der Waals surface area contributed by atoms with Gasteiger partial charge >= 0.3 is 0 Å². The van der Waals surface area contributed by atoms with Crippen molar-refractivity contribution in [3.8, 4) is 5.75 Å². The molecule has 0 unspecified atom stereocenters. The van der Waals surface area contributed by atoms with Crippen LogP contribution in [0.5, 0.6) is 5.75 Å². The van der Waals surface area contributed by atoms with E-state index >= 15 is 0 Å². The van der Waals surface area contributed by atoms with E-state index < -0.39 is 5.82 Å². The SMILES string of the molecule is CO/N=C(\c1ccc(CC(=O)c2cncc(F)c2C)nc1)c1ccc(OC)cc1C. The summed E-state index contributed by atoms with van der Waals surface area (Å²) >= 11 is 0. The number of benzene rings is 1. The van der Waals surface area contributed by atoms with Crippen LogP contribution < -0.4 is 4.74 Å². The van der Waals surface area contributed by atoms with Crippen molar-refractivity contribution in [3.63, 3.8) is 0 Å². The molecule has 6 nitrogen and oxygen atoms in total. The van der Waals surface area contributed by atoms with E-state index in [1.807, 2.05) is 31.2 Å². The van der Waals surface area contributed by atoms with Crippen LogP contribution in [0.15, 0.2) is 54.1 Å². The highest BCUT2D eigenvalue weighted by atomic mass is 19.1. The van der Waals surface area contributed by atoms with Gasteiger partial charge in [-0.1, -0.05) is 5.16 Å². The highest BCUT2D eigenvalue weighted by Gasteiger charge is 2.16. The molecule has 0 fully saturated rings. The Bertz CT molecular complexity index is 1100. The number of methoxy groups -OCH3 is 1. The number of aryl methyl sites for hydroxylation is 1. The molecule has 0 saturated heterocycles. The Morgan fingerprint density at radius 2 is 1.87 bits per heavy atom. The maximum Gasteiger partial charge on any atom is 0.170 e. The molecule has 0 aliphatic rings. The van der Waals surface area contributed by atoms with E-state index in [1.54, 1.807) is 26.3 Å². The van der Waals surface area contributed by atoms with E-state index in [2.05, 4.69) is 15.1 Å². The average Bonchev–Trinajstić information content (AvgIpc) is 2.75. The van der Waals surface area contributed by atoms with Crippen LogP contribution in [0, 0.1) is 19.7 Å². The molecule has 0 saturated carbocycles. The molecule has 3 aromatic rings. The average molecular weight is 407 g/mol. The van der Waals surface area contributed by atoms with E-state index in [1.165, 1.54) is 13.3 Å². The molecular weight excluding hydrogens is 385 g/mol. The summed E-state index contributed by atoms with van der Waals surface area (Å²) in [5, 5.41) is 4.16. The first-order valence-electron chi connectivity index (χ1n) is 9.29. The van der Waals surface area contributed by atoms with Crippen molar-refractivity contribution in [2.24, 2.45) is 5.16 Å². The third kappa shape index (κ3) is 4.51. The number of pyridine rings is 2. The van der Waals surface area contributed by atoms with Gasteiger partial charge in [-0.15, -0.1) is 0 Å². The Balaban J connectivity index is 1.85. The molecule has 0 bridgehead atoms. The molecule has 1 aromatic carbocycles. The summed E-state index contributed by atoms with van der Waals surface area (Å²) in [6.07, 6.45) is 4.16. The number of Topliss-reactive ketones (excluding diaryl/α,β-unsaturated/α-hetero) is 1. The van der Waals surface area contributed by atoms with Crippen LogP contribution in [0.1, 0.15) is 38.3 Å². The van der Waals surface area contributed by atoms with E-state index in [0.29, 0.717) is 11.4 Å². The van der Waals surface area contributed by atoms with Gasteiger partial charge in [0.2, 0.25) is 0 Å². The van der Waals surface area contributed by atoms with Crippen LogP contribution in [-0.2, 0) is 11.3 Å². The number of aromatic nitrogens is 2. The summed E-state index contributed by atoms with van der Waals surface area (Å²) < 4.78 is 18.9. The number of oxime groups is 1. The molecule has 0 spiro atoms. The zero-order valence-electron chi connectivity index (χ0n) is 17.3. The zero-order valence-corrected chi connectivity index (χ0v) is 17.3. The van der Waals surface area contributed by atoms with Gasteiger partial charge in [0.05, 0.1) is 19.7 Å². The Morgan fingerprint density at radius 3 is 2.50 bits per heavy atom. The van der Waals surface area contributed by atoms with Crippen molar-refractivity contribution in [2.75, 3.05) is 14.2 Å². The normalized spacial score (nSPS) is 11.3. The largest absolute Gasteiger partial charge is 0.497 e. The van der Waals surface area contributed by atoms with Gasteiger partial charge in [-0.25, -0.2) is 4.39 Å². The van der Waals surface area contributed by atoms with Crippen molar-refractivity contribution >= 4 is 11.5 Å². The monoisotopic (exact) mass is 407 g/mol. The summed E-state index contributed by atoms with van der Waals surface area (Å²) in [6, 6.07) is 9.25. The number of hydrogen-bond donors (Lipinski definition) is 0. The highest BCUT2D eigenvalue weighted by molar-refractivity contribution is 6.13. The van der Waals surface area contributed by atoms with Crippen molar-refractivity contribution in [2.45, 2.75) is 20.3 Å². The number of carbonyl (C=O) groups excluding carboxylic acids is 1. The molecule has 7 heteroatoms. The first-order valence-corrected chi connectivity index (χ1v) is 9.29. The van der Waals surface area contributed by atoms with Crippen molar-refractivity contribution in [1.29, 1.82) is 0 Å². The lowest BCUT2D eigenvalue weighted by Crippen LogP contribution is -2.10. The minimum absolute atomic E-state index is 0.0462. The smallest absolute Gasteiger partial charge is 0.170 e. The molecule has 0 aliphatic carbocycles.